The Bertz CT molecular complexity index is 1230. The van der Waals surface area contributed by atoms with Gasteiger partial charge in [-0.1, -0.05) is 18.2 Å². The summed E-state index contributed by atoms with van der Waals surface area (Å²) < 4.78 is 12.4. The molecule has 9 nitrogen and oxygen atoms in total. The van der Waals surface area contributed by atoms with Gasteiger partial charge >= 0.3 is 0 Å². The number of carbonyl (C=O) groups is 1. The maximum atomic E-state index is 13.5. The van der Waals surface area contributed by atoms with E-state index >= 15 is 0 Å². The number of Topliss-reactive ketones (excluding diaryl/α,β-unsaturated/α-hetero) is 1. The molecule has 0 saturated carbocycles. The number of ether oxygens (including phenoxy) is 2. The summed E-state index contributed by atoms with van der Waals surface area (Å²) in [5.41, 5.74) is 9.14. The van der Waals surface area contributed by atoms with Crippen molar-refractivity contribution in [3.05, 3.63) is 64.9 Å². The second-order valence-corrected chi connectivity index (χ2v) is 7.89. The fourth-order valence-electron chi connectivity index (χ4n) is 4.54. The molecule has 0 saturated heterocycles. The Morgan fingerprint density at radius 1 is 1.06 bits per heavy atom. The van der Waals surface area contributed by atoms with E-state index in [1.165, 1.54) is 0 Å². The third kappa shape index (κ3) is 3.22. The second kappa shape index (κ2) is 7.60. The van der Waals surface area contributed by atoms with Gasteiger partial charge in [-0.25, -0.2) is 4.68 Å². The van der Waals surface area contributed by atoms with Gasteiger partial charge in [-0.2, -0.15) is 4.98 Å². The molecule has 32 heavy (non-hydrogen) atoms. The van der Waals surface area contributed by atoms with Gasteiger partial charge in [0, 0.05) is 17.7 Å². The topological polar surface area (TPSA) is 125 Å². The molecule has 164 valence electrons. The summed E-state index contributed by atoms with van der Waals surface area (Å²) in [5, 5.41) is 17.3. The van der Waals surface area contributed by atoms with E-state index in [-0.39, 0.29) is 23.4 Å². The molecule has 1 aliphatic heterocycles. The number of hydrogen-bond donors (Lipinski definition) is 3. The summed E-state index contributed by atoms with van der Waals surface area (Å²) in [7, 11) is 3.19. The van der Waals surface area contributed by atoms with E-state index in [2.05, 4.69) is 15.4 Å². The van der Waals surface area contributed by atoms with Gasteiger partial charge in [-0.05, 0) is 47.7 Å². The summed E-state index contributed by atoms with van der Waals surface area (Å²) in [5.74, 6) is 2.03. The molecule has 2 aliphatic rings. The third-order valence-electron chi connectivity index (χ3n) is 6.02. The van der Waals surface area contributed by atoms with E-state index < -0.39 is 6.04 Å². The van der Waals surface area contributed by atoms with Gasteiger partial charge < -0.3 is 25.6 Å². The van der Waals surface area contributed by atoms with Crippen LogP contribution in [0.1, 0.15) is 35.9 Å². The zero-order valence-electron chi connectivity index (χ0n) is 17.7. The molecule has 0 bridgehead atoms. The van der Waals surface area contributed by atoms with Crippen molar-refractivity contribution >= 4 is 17.7 Å². The number of benzene rings is 2. The molecule has 4 N–H and O–H groups in total. The zero-order valence-corrected chi connectivity index (χ0v) is 17.7. The fraction of sp³-hybridized carbons (Fsp3) is 0.261. The van der Waals surface area contributed by atoms with Crippen LogP contribution in [0.15, 0.2) is 53.7 Å². The van der Waals surface area contributed by atoms with Crippen LogP contribution in [0.3, 0.4) is 0 Å². The van der Waals surface area contributed by atoms with Crippen molar-refractivity contribution in [3.63, 3.8) is 0 Å². The highest BCUT2D eigenvalue weighted by molar-refractivity contribution is 6.00. The summed E-state index contributed by atoms with van der Waals surface area (Å²) in [6.07, 6.45) is 0.974. The van der Waals surface area contributed by atoms with E-state index in [4.69, 9.17) is 15.2 Å². The molecule has 9 heteroatoms. The lowest BCUT2D eigenvalue weighted by Crippen LogP contribution is -2.33. The number of aromatic nitrogens is 3. The number of phenols is 1. The van der Waals surface area contributed by atoms with Gasteiger partial charge in [0.25, 0.3) is 0 Å². The number of nitrogen functional groups attached to an aromatic ring is 1. The highest BCUT2D eigenvalue weighted by Crippen LogP contribution is 2.45. The number of anilines is 2. The predicted octanol–water partition coefficient (Wildman–Crippen LogP) is 3.00. The van der Waals surface area contributed by atoms with Crippen LogP contribution in [0.4, 0.5) is 11.9 Å². The van der Waals surface area contributed by atoms with E-state index in [1.54, 1.807) is 43.2 Å². The Balaban J connectivity index is 1.57. The molecule has 0 spiro atoms. The standard InChI is InChI=1S/C23H23N5O4/c1-31-18-8-5-13(11-19(18)32-2)14-9-16-20(17(30)10-14)21(12-3-6-15(29)7-4-12)28-23(25-16)26-22(24)27-28/h3-8,11,14,21,29H,9-10H2,1-2H3,(H3,24,25,26,27)/t14-,21-/m0/s1. The second-order valence-electron chi connectivity index (χ2n) is 7.89. The number of aromatic hydroxyl groups is 1. The number of fused-ring (bicyclic) bond motifs is 1. The molecule has 0 radical (unpaired) electrons. The first-order valence-electron chi connectivity index (χ1n) is 10.2. The van der Waals surface area contributed by atoms with Crippen LogP contribution < -0.4 is 20.5 Å². The molecular weight excluding hydrogens is 410 g/mol. The van der Waals surface area contributed by atoms with Crippen molar-refractivity contribution in [3.8, 4) is 17.2 Å². The van der Waals surface area contributed by atoms with Gasteiger partial charge in [0.15, 0.2) is 17.3 Å². The highest BCUT2D eigenvalue weighted by Gasteiger charge is 2.39. The van der Waals surface area contributed by atoms with E-state index in [1.807, 2.05) is 18.2 Å². The number of allylic oxidation sites excluding steroid dienone is 2. The van der Waals surface area contributed by atoms with Gasteiger partial charge in [-0.15, -0.1) is 5.10 Å². The minimum absolute atomic E-state index is 0.0244. The molecule has 0 fully saturated rings. The van der Waals surface area contributed by atoms with Crippen LogP contribution in [0, 0.1) is 0 Å². The Morgan fingerprint density at radius 3 is 2.50 bits per heavy atom. The molecule has 1 aromatic heterocycles. The van der Waals surface area contributed by atoms with Crippen molar-refractivity contribution in [2.75, 3.05) is 25.3 Å². The molecule has 2 atom stereocenters. The molecular formula is C23H23N5O4. The minimum atomic E-state index is -0.467. The Hall–Kier alpha value is -4.01. The van der Waals surface area contributed by atoms with Crippen molar-refractivity contribution in [2.45, 2.75) is 24.8 Å². The normalized spacial score (nSPS) is 19.8. The lowest BCUT2D eigenvalue weighted by Gasteiger charge is -2.35. The quantitative estimate of drug-likeness (QED) is 0.574. The van der Waals surface area contributed by atoms with Gasteiger partial charge in [0.2, 0.25) is 11.9 Å². The summed E-state index contributed by atoms with van der Waals surface area (Å²) in [6, 6.07) is 12.0. The number of methoxy groups -OCH3 is 2. The lowest BCUT2D eigenvalue weighted by molar-refractivity contribution is -0.116. The minimum Gasteiger partial charge on any atom is -0.508 e. The average molecular weight is 433 g/mol. The molecule has 5 rings (SSSR count). The lowest BCUT2D eigenvalue weighted by atomic mass is 9.78. The highest BCUT2D eigenvalue weighted by atomic mass is 16.5. The van der Waals surface area contributed by atoms with Crippen molar-refractivity contribution in [1.29, 1.82) is 0 Å². The number of nitrogens with two attached hydrogens (primary N) is 1. The molecule has 2 aromatic carbocycles. The SMILES string of the molecule is COc1ccc([C@@H]2CC(=O)C3=C(C2)Nc2nc(N)nn2[C@H]3c2ccc(O)cc2)cc1OC. The van der Waals surface area contributed by atoms with Gasteiger partial charge in [0.1, 0.15) is 11.8 Å². The largest absolute Gasteiger partial charge is 0.508 e. The van der Waals surface area contributed by atoms with E-state index in [0.717, 1.165) is 16.8 Å². The average Bonchev–Trinajstić information content (AvgIpc) is 3.17. The van der Waals surface area contributed by atoms with Crippen molar-refractivity contribution in [1.82, 2.24) is 14.8 Å². The number of phenolic OH excluding ortho intramolecular Hbond substituents is 1. The molecule has 3 aromatic rings. The number of rotatable bonds is 4. The number of ketones is 1. The molecule has 0 amide bonds. The third-order valence-corrected chi connectivity index (χ3v) is 6.02. The molecule has 2 heterocycles. The Kier molecular flexibility index (Phi) is 4.73. The summed E-state index contributed by atoms with van der Waals surface area (Å²) >= 11 is 0. The first kappa shape index (κ1) is 19.9. The smallest absolute Gasteiger partial charge is 0.241 e. The Morgan fingerprint density at radius 2 is 1.78 bits per heavy atom. The number of carbonyl (C=O) groups excluding carboxylic acids is 1. The first-order chi connectivity index (χ1) is 15.5. The first-order valence-corrected chi connectivity index (χ1v) is 10.2. The number of nitrogens with one attached hydrogen (secondary N) is 1. The summed E-state index contributed by atoms with van der Waals surface area (Å²) in [6.45, 7) is 0. The van der Waals surface area contributed by atoms with Gasteiger partial charge in [0.05, 0.1) is 14.2 Å². The fourth-order valence-corrected chi connectivity index (χ4v) is 4.54. The van der Waals surface area contributed by atoms with Crippen LogP contribution in [0.2, 0.25) is 0 Å². The predicted molar refractivity (Wildman–Crippen MR) is 118 cm³/mol. The van der Waals surface area contributed by atoms with Crippen LogP contribution in [-0.2, 0) is 4.79 Å². The maximum absolute atomic E-state index is 13.5. The van der Waals surface area contributed by atoms with Crippen molar-refractivity contribution in [2.24, 2.45) is 0 Å². The van der Waals surface area contributed by atoms with E-state index in [0.29, 0.717) is 35.9 Å². The zero-order chi connectivity index (χ0) is 22.4. The summed E-state index contributed by atoms with van der Waals surface area (Å²) in [4.78, 5) is 17.8. The van der Waals surface area contributed by atoms with Crippen LogP contribution in [-0.4, -0.2) is 39.9 Å². The maximum Gasteiger partial charge on any atom is 0.241 e. The van der Waals surface area contributed by atoms with Crippen LogP contribution in [0.25, 0.3) is 0 Å². The molecule has 0 unspecified atom stereocenters. The number of hydrogen-bond acceptors (Lipinski definition) is 8. The van der Waals surface area contributed by atoms with E-state index in [9.17, 15) is 9.90 Å². The van der Waals surface area contributed by atoms with Crippen molar-refractivity contribution < 1.29 is 19.4 Å². The van der Waals surface area contributed by atoms with Crippen LogP contribution >= 0.6 is 0 Å². The van der Waals surface area contributed by atoms with Gasteiger partial charge in [-0.3, -0.25) is 4.79 Å². The van der Waals surface area contributed by atoms with Crippen LogP contribution in [0.5, 0.6) is 17.2 Å². The molecule has 1 aliphatic carbocycles. The number of nitrogens with zero attached hydrogens (tertiary/aromatic N) is 3. The monoisotopic (exact) mass is 433 g/mol. The Labute approximate surface area is 184 Å².